The van der Waals surface area contributed by atoms with E-state index in [0.29, 0.717) is 36.9 Å². The molecule has 1 amide bonds. The first kappa shape index (κ1) is 20.3. The summed E-state index contributed by atoms with van der Waals surface area (Å²) in [5.41, 5.74) is 1.32. The van der Waals surface area contributed by atoms with Crippen LogP contribution in [0.1, 0.15) is 20.3 Å². The molecule has 0 heterocycles. The number of anilines is 2. The topological polar surface area (TPSA) is 85.9 Å². The molecule has 0 unspecified atom stereocenters. The monoisotopic (exact) mass is 348 g/mol. The van der Waals surface area contributed by atoms with Crippen LogP contribution < -0.4 is 15.4 Å². The summed E-state index contributed by atoms with van der Waals surface area (Å²) >= 11 is 0. The highest BCUT2D eigenvalue weighted by Crippen LogP contribution is 2.27. The lowest BCUT2D eigenvalue weighted by Gasteiger charge is -2.13. The number of benzene rings is 1. The molecule has 1 rings (SSSR count). The Morgan fingerprint density at radius 2 is 1.96 bits per heavy atom. The van der Waals surface area contributed by atoms with E-state index in [1.165, 1.54) is 6.92 Å². The maximum atomic E-state index is 11.6. The smallest absolute Gasteiger partial charge is 0.308 e. The van der Waals surface area contributed by atoms with Crippen molar-refractivity contribution in [2.24, 2.45) is 0 Å². The minimum absolute atomic E-state index is 0.0489. The molecule has 2 N–H and O–H groups in total. The van der Waals surface area contributed by atoms with Crippen molar-refractivity contribution in [1.82, 2.24) is 0 Å². The van der Waals surface area contributed by atoms with E-state index in [1.54, 1.807) is 25.3 Å². The van der Waals surface area contributed by atoms with Crippen LogP contribution in [0.2, 0.25) is 0 Å². The third-order valence-corrected chi connectivity index (χ3v) is 2.97. The van der Waals surface area contributed by atoms with Crippen molar-refractivity contribution >= 4 is 23.3 Å². The van der Waals surface area contributed by atoms with Gasteiger partial charge in [0.05, 0.1) is 19.2 Å². The van der Waals surface area contributed by atoms with Gasteiger partial charge in [-0.15, -0.1) is 0 Å². The first-order valence-corrected chi connectivity index (χ1v) is 7.95. The molecule has 136 valence electrons. The average Bonchev–Trinajstić information content (AvgIpc) is 2.58. The Hall–Kier alpha value is -2.72. The van der Waals surface area contributed by atoms with E-state index in [1.807, 2.05) is 6.92 Å². The summed E-state index contributed by atoms with van der Waals surface area (Å²) in [5, 5.41) is 5.79. The van der Waals surface area contributed by atoms with Crippen LogP contribution in [0.15, 0.2) is 18.2 Å². The van der Waals surface area contributed by atoms with Crippen LogP contribution in [0.3, 0.4) is 0 Å². The maximum absolute atomic E-state index is 11.6. The van der Waals surface area contributed by atoms with Crippen molar-refractivity contribution in [3.63, 3.8) is 0 Å². The van der Waals surface area contributed by atoms with Gasteiger partial charge in [-0.3, -0.25) is 9.59 Å². The Morgan fingerprint density at radius 3 is 2.64 bits per heavy atom. The molecule has 0 saturated heterocycles. The fraction of sp³-hybridized carbons (Fsp3) is 0.444. The zero-order valence-electron chi connectivity index (χ0n) is 14.8. The molecule has 0 spiro atoms. The predicted molar refractivity (Wildman–Crippen MR) is 95.6 cm³/mol. The summed E-state index contributed by atoms with van der Waals surface area (Å²) in [6, 6.07) is 5.21. The van der Waals surface area contributed by atoms with Crippen molar-refractivity contribution in [1.29, 1.82) is 0 Å². The number of carbonyl (C=O) groups excluding carboxylic acids is 2. The Morgan fingerprint density at radius 1 is 1.20 bits per heavy atom. The second-order valence-electron chi connectivity index (χ2n) is 4.92. The quantitative estimate of drug-likeness (QED) is 0.403. The van der Waals surface area contributed by atoms with Gasteiger partial charge >= 0.3 is 5.97 Å². The summed E-state index contributed by atoms with van der Waals surface area (Å²) in [4.78, 5) is 22.8. The highest BCUT2D eigenvalue weighted by molar-refractivity contribution is 5.89. The molecule has 7 nitrogen and oxygen atoms in total. The summed E-state index contributed by atoms with van der Waals surface area (Å²) < 4.78 is 15.3. The zero-order chi connectivity index (χ0) is 18.5. The molecule has 7 heteroatoms. The number of hydrogen-bond donors (Lipinski definition) is 2. The highest BCUT2D eigenvalue weighted by Gasteiger charge is 2.07. The molecule has 0 saturated carbocycles. The zero-order valence-corrected chi connectivity index (χ0v) is 14.8. The fourth-order valence-electron chi connectivity index (χ4n) is 1.87. The van der Waals surface area contributed by atoms with Gasteiger partial charge in [0.15, 0.2) is 6.61 Å². The van der Waals surface area contributed by atoms with Crippen molar-refractivity contribution in [2.45, 2.75) is 20.3 Å². The van der Waals surface area contributed by atoms with Crippen molar-refractivity contribution in [3.8, 4) is 17.6 Å². The van der Waals surface area contributed by atoms with Crippen LogP contribution >= 0.6 is 0 Å². The molecule has 0 aliphatic heterocycles. The lowest BCUT2D eigenvalue weighted by Crippen LogP contribution is -2.12. The number of amides is 1. The summed E-state index contributed by atoms with van der Waals surface area (Å²) in [5.74, 6) is 5.55. The summed E-state index contributed by atoms with van der Waals surface area (Å²) in [7, 11) is 1.55. The second-order valence-corrected chi connectivity index (χ2v) is 4.92. The van der Waals surface area contributed by atoms with E-state index in [4.69, 9.17) is 14.2 Å². The lowest BCUT2D eigenvalue weighted by molar-refractivity contribution is -0.141. The number of esters is 1. The van der Waals surface area contributed by atoms with Gasteiger partial charge < -0.3 is 24.8 Å². The normalized spacial score (nSPS) is 9.56. The molecule has 25 heavy (non-hydrogen) atoms. The van der Waals surface area contributed by atoms with Gasteiger partial charge in [-0.25, -0.2) is 0 Å². The van der Waals surface area contributed by atoms with Gasteiger partial charge in [-0.1, -0.05) is 11.8 Å². The van der Waals surface area contributed by atoms with E-state index >= 15 is 0 Å². The van der Waals surface area contributed by atoms with E-state index in [0.717, 1.165) is 0 Å². The predicted octanol–water partition coefficient (Wildman–Crippen LogP) is 2.04. The second kappa shape index (κ2) is 11.8. The van der Waals surface area contributed by atoms with E-state index in [-0.39, 0.29) is 24.9 Å². The van der Waals surface area contributed by atoms with Gasteiger partial charge in [0.1, 0.15) is 12.4 Å². The van der Waals surface area contributed by atoms with Crippen LogP contribution in [0.5, 0.6) is 5.75 Å². The SMILES string of the molecule is CCOCC#CCOC(=O)CCNc1cc(NC(C)=O)ccc1OC. The Labute approximate surface area is 148 Å². The van der Waals surface area contributed by atoms with Gasteiger partial charge in [-0.05, 0) is 25.1 Å². The molecule has 0 fully saturated rings. The number of methoxy groups -OCH3 is 1. The van der Waals surface area contributed by atoms with Crippen LogP contribution in [0, 0.1) is 11.8 Å². The molecule has 0 aliphatic carbocycles. The Balaban J connectivity index is 2.42. The van der Waals surface area contributed by atoms with Crippen LogP contribution in [0.4, 0.5) is 11.4 Å². The van der Waals surface area contributed by atoms with Crippen molar-refractivity contribution in [2.75, 3.05) is 44.1 Å². The molecule has 0 aliphatic rings. The fourth-order valence-corrected chi connectivity index (χ4v) is 1.87. The number of hydrogen-bond acceptors (Lipinski definition) is 6. The largest absolute Gasteiger partial charge is 0.495 e. The third-order valence-electron chi connectivity index (χ3n) is 2.97. The van der Waals surface area contributed by atoms with E-state index in [2.05, 4.69) is 22.5 Å². The molecular formula is C18H24N2O5. The average molecular weight is 348 g/mol. The van der Waals surface area contributed by atoms with Crippen molar-refractivity contribution < 1.29 is 23.8 Å². The molecule has 1 aromatic carbocycles. The Kier molecular flexibility index (Phi) is 9.56. The van der Waals surface area contributed by atoms with Crippen LogP contribution in [-0.4, -0.2) is 45.4 Å². The molecule has 0 bridgehead atoms. The van der Waals surface area contributed by atoms with E-state index in [9.17, 15) is 9.59 Å². The number of carbonyl (C=O) groups is 2. The molecule has 0 atom stereocenters. The van der Waals surface area contributed by atoms with Gasteiger partial charge in [-0.2, -0.15) is 0 Å². The van der Waals surface area contributed by atoms with Gasteiger partial charge in [0, 0.05) is 25.8 Å². The highest BCUT2D eigenvalue weighted by atomic mass is 16.5. The van der Waals surface area contributed by atoms with Gasteiger partial charge in [0.25, 0.3) is 0 Å². The van der Waals surface area contributed by atoms with Gasteiger partial charge in [0.2, 0.25) is 5.91 Å². The molecule has 0 aromatic heterocycles. The standard InChI is InChI=1S/C18H24N2O5/c1-4-24-11-5-6-12-25-18(22)9-10-19-16-13-15(20-14(2)21)7-8-17(16)23-3/h7-8,13,19H,4,9-12H2,1-3H3,(H,20,21). The van der Waals surface area contributed by atoms with Crippen LogP contribution in [-0.2, 0) is 19.1 Å². The summed E-state index contributed by atoms with van der Waals surface area (Å²) in [6.45, 7) is 4.67. The van der Waals surface area contributed by atoms with Crippen LogP contribution in [0.25, 0.3) is 0 Å². The number of ether oxygens (including phenoxy) is 3. The Bertz CT molecular complexity index is 634. The first-order valence-electron chi connectivity index (χ1n) is 7.95. The lowest BCUT2D eigenvalue weighted by atomic mass is 10.2. The van der Waals surface area contributed by atoms with Crippen molar-refractivity contribution in [3.05, 3.63) is 18.2 Å². The minimum Gasteiger partial charge on any atom is -0.495 e. The molecular weight excluding hydrogens is 324 g/mol. The number of rotatable bonds is 9. The summed E-state index contributed by atoms with van der Waals surface area (Å²) in [6.07, 6.45) is 0.181. The third kappa shape index (κ3) is 8.63. The van der Waals surface area contributed by atoms with E-state index < -0.39 is 0 Å². The number of nitrogens with one attached hydrogen (secondary N) is 2. The first-order chi connectivity index (χ1) is 12.1. The maximum Gasteiger partial charge on any atom is 0.308 e. The minimum atomic E-state index is -0.352. The molecule has 1 aromatic rings. The molecule has 0 radical (unpaired) electrons.